The zero-order valence-electron chi connectivity index (χ0n) is 18.8. The Kier molecular flexibility index (Phi) is 8.28. The molecule has 33 heavy (non-hydrogen) atoms. The largest absolute Gasteiger partial charge is 0.493 e. The summed E-state index contributed by atoms with van der Waals surface area (Å²) in [7, 11) is 0.869. The van der Waals surface area contributed by atoms with Gasteiger partial charge in [-0.1, -0.05) is 17.7 Å². The van der Waals surface area contributed by atoms with Gasteiger partial charge < -0.3 is 24.4 Å². The van der Waals surface area contributed by atoms with Crippen LogP contribution < -0.4 is 24.4 Å². The lowest BCUT2D eigenvalue weighted by Crippen LogP contribution is -2.50. The molecule has 1 heterocycles. The molecule has 1 fully saturated rings. The molecular weight excluding hydrogens is 470 g/mol. The fraction of sp³-hybridized carbons (Fsp3) is 0.409. The summed E-state index contributed by atoms with van der Waals surface area (Å²) in [4.78, 5) is 14.7. The lowest BCUT2D eigenvalue weighted by atomic mass is 10.1. The summed E-state index contributed by atoms with van der Waals surface area (Å²) in [6.07, 6.45) is 0. The van der Waals surface area contributed by atoms with Crippen molar-refractivity contribution in [3.05, 3.63) is 47.0 Å². The van der Waals surface area contributed by atoms with Crippen molar-refractivity contribution < 1.29 is 27.4 Å². The number of carbonyl (C=O) groups is 1. The van der Waals surface area contributed by atoms with Gasteiger partial charge in [0, 0.05) is 49.0 Å². The van der Waals surface area contributed by atoms with E-state index in [4.69, 9.17) is 25.8 Å². The van der Waals surface area contributed by atoms with Crippen molar-refractivity contribution >= 4 is 33.2 Å². The van der Waals surface area contributed by atoms with Gasteiger partial charge in [-0.05, 0) is 30.3 Å². The number of amides is 1. The monoisotopic (exact) mass is 497 g/mol. The second-order valence-electron chi connectivity index (χ2n) is 7.35. The van der Waals surface area contributed by atoms with E-state index in [0.29, 0.717) is 48.5 Å². The molecule has 0 aliphatic carbocycles. The minimum Gasteiger partial charge on any atom is -0.493 e. The third-order valence-electron chi connectivity index (χ3n) is 5.38. The van der Waals surface area contributed by atoms with Gasteiger partial charge in [0.15, 0.2) is 11.5 Å². The molecule has 1 amide bonds. The van der Waals surface area contributed by atoms with E-state index in [2.05, 4.69) is 10.2 Å². The topological polar surface area (TPSA) is 97.4 Å². The summed E-state index contributed by atoms with van der Waals surface area (Å²) in [5.41, 5.74) is 1.24. The number of nitrogens with zero attached hydrogens (tertiary/aromatic N) is 2. The van der Waals surface area contributed by atoms with Crippen LogP contribution in [0.3, 0.4) is 0 Å². The van der Waals surface area contributed by atoms with Gasteiger partial charge in [0.2, 0.25) is 15.8 Å². The van der Waals surface area contributed by atoms with E-state index in [-0.39, 0.29) is 17.9 Å². The van der Waals surface area contributed by atoms with Crippen molar-refractivity contribution in [3.63, 3.8) is 0 Å². The highest BCUT2D eigenvalue weighted by atomic mass is 35.5. The molecule has 2 aromatic rings. The predicted octanol–water partition coefficient (Wildman–Crippen LogP) is 2.25. The van der Waals surface area contributed by atoms with Crippen LogP contribution in [-0.4, -0.2) is 78.4 Å². The summed E-state index contributed by atoms with van der Waals surface area (Å²) in [5.74, 6) is 0.422. The molecule has 0 bridgehead atoms. The van der Waals surface area contributed by atoms with E-state index in [9.17, 15) is 13.2 Å². The van der Waals surface area contributed by atoms with Crippen LogP contribution in [0.25, 0.3) is 0 Å². The molecule has 11 heteroatoms. The average Bonchev–Trinajstić information content (AvgIpc) is 2.82. The summed E-state index contributed by atoms with van der Waals surface area (Å²) in [6, 6.07) is 10.5. The van der Waals surface area contributed by atoms with Crippen molar-refractivity contribution in [2.45, 2.75) is 0 Å². The molecular formula is C22H28ClN3O6S. The molecule has 0 radical (unpaired) electrons. The van der Waals surface area contributed by atoms with E-state index in [0.717, 1.165) is 5.69 Å². The van der Waals surface area contributed by atoms with Gasteiger partial charge in [0.05, 0.1) is 27.1 Å². The molecule has 0 saturated carbocycles. The molecule has 0 spiro atoms. The highest BCUT2D eigenvalue weighted by molar-refractivity contribution is 7.89. The third kappa shape index (κ3) is 6.01. The van der Waals surface area contributed by atoms with Gasteiger partial charge in [0.25, 0.3) is 5.91 Å². The number of hydrogen-bond donors (Lipinski definition) is 1. The first kappa shape index (κ1) is 24.9. The minimum absolute atomic E-state index is 0.0215. The quantitative estimate of drug-likeness (QED) is 0.567. The molecule has 1 aliphatic heterocycles. The Morgan fingerprint density at radius 3 is 2.18 bits per heavy atom. The fourth-order valence-corrected chi connectivity index (χ4v) is 5.16. The van der Waals surface area contributed by atoms with Crippen molar-refractivity contribution in [3.8, 4) is 17.2 Å². The number of benzene rings is 2. The summed E-state index contributed by atoms with van der Waals surface area (Å²) < 4.78 is 42.7. The molecule has 0 unspecified atom stereocenters. The standard InChI is InChI=1S/C22H28ClN3O6S/c1-30-19-13-16(14-20(31-2)21(19)32-3)22(27)24-7-12-33(28,29)26-10-8-25(9-11-26)18-6-4-5-17(23)15-18/h4-6,13-15H,7-12H2,1-3H3,(H,24,27). The van der Waals surface area contributed by atoms with Crippen LogP contribution in [0.5, 0.6) is 17.2 Å². The smallest absolute Gasteiger partial charge is 0.251 e. The lowest BCUT2D eigenvalue weighted by Gasteiger charge is -2.35. The number of rotatable bonds is 9. The van der Waals surface area contributed by atoms with Crippen LogP contribution in [0, 0.1) is 0 Å². The number of anilines is 1. The zero-order chi connectivity index (χ0) is 24.0. The highest BCUT2D eigenvalue weighted by Crippen LogP contribution is 2.38. The molecule has 0 aromatic heterocycles. The maximum absolute atomic E-state index is 12.8. The number of hydrogen-bond acceptors (Lipinski definition) is 7. The zero-order valence-corrected chi connectivity index (χ0v) is 20.4. The van der Waals surface area contributed by atoms with Gasteiger partial charge >= 0.3 is 0 Å². The number of carbonyl (C=O) groups excluding carboxylic acids is 1. The van der Waals surface area contributed by atoms with E-state index in [1.165, 1.54) is 37.8 Å². The molecule has 180 valence electrons. The maximum Gasteiger partial charge on any atom is 0.251 e. The van der Waals surface area contributed by atoms with Crippen LogP contribution in [0.15, 0.2) is 36.4 Å². The van der Waals surface area contributed by atoms with Gasteiger partial charge in [-0.3, -0.25) is 4.79 Å². The molecule has 9 nitrogen and oxygen atoms in total. The number of nitrogens with one attached hydrogen (secondary N) is 1. The second kappa shape index (κ2) is 11.0. The fourth-order valence-electron chi connectivity index (χ4n) is 3.63. The average molecular weight is 498 g/mol. The Bertz CT molecular complexity index is 1060. The Morgan fingerprint density at radius 1 is 1.00 bits per heavy atom. The SMILES string of the molecule is COc1cc(C(=O)NCCS(=O)(=O)N2CCN(c3cccc(Cl)c3)CC2)cc(OC)c1OC. The van der Waals surface area contributed by atoms with Crippen molar-refractivity contribution in [1.82, 2.24) is 9.62 Å². The van der Waals surface area contributed by atoms with Crippen LogP contribution in [0.4, 0.5) is 5.69 Å². The lowest BCUT2D eigenvalue weighted by molar-refractivity contribution is 0.0955. The van der Waals surface area contributed by atoms with Crippen LogP contribution in [0.1, 0.15) is 10.4 Å². The van der Waals surface area contributed by atoms with Gasteiger partial charge in [-0.2, -0.15) is 4.31 Å². The third-order valence-corrected chi connectivity index (χ3v) is 7.48. The molecule has 1 saturated heterocycles. The molecule has 1 N–H and O–H groups in total. The number of ether oxygens (including phenoxy) is 3. The highest BCUT2D eigenvalue weighted by Gasteiger charge is 2.27. The first-order valence-electron chi connectivity index (χ1n) is 10.4. The van der Waals surface area contributed by atoms with Gasteiger partial charge in [-0.25, -0.2) is 8.42 Å². The van der Waals surface area contributed by atoms with E-state index < -0.39 is 15.9 Å². The summed E-state index contributed by atoms with van der Waals surface area (Å²) in [5, 5.41) is 3.30. The number of sulfonamides is 1. The van der Waals surface area contributed by atoms with Crippen LogP contribution in [-0.2, 0) is 10.0 Å². The van der Waals surface area contributed by atoms with Crippen LogP contribution >= 0.6 is 11.6 Å². The Hall–Kier alpha value is -2.69. The maximum atomic E-state index is 12.8. The number of piperazine rings is 1. The number of methoxy groups -OCH3 is 3. The second-order valence-corrected chi connectivity index (χ2v) is 9.88. The summed E-state index contributed by atoms with van der Waals surface area (Å²) in [6.45, 7) is 1.85. The molecule has 2 aromatic carbocycles. The Balaban J connectivity index is 1.55. The first-order valence-corrected chi connectivity index (χ1v) is 12.3. The number of halogens is 1. The van der Waals surface area contributed by atoms with E-state index >= 15 is 0 Å². The first-order chi connectivity index (χ1) is 15.8. The van der Waals surface area contributed by atoms with Crippen LogP contribution in [0.2, 0.25) is 5.02 Å². The Morgan fingerprint density at radius 2 is 1.64 bits per heavy atom. The van der Waals surface area contributed by atoms with E-state index in [1.807, 2.05) is 18.2 Å². The molecule has 0 atom stereocenters. The van der Waals surface area contributed by atoms with E-state index in [1.54, 1.807) is 6.07 Å². The van der Waals surface area contributed by atoms with Crippen molar-refractivity contribution in [2.24, 2.45) is 0 Å². The van der Waals surface area contributed by atoms with Gasteiger partial charge in [-0.15, -0.1) is 0 Å². The summed E-state index contributed by atoms with van der Waals surface area (Å²) >= 11 is 6.05. The minimum atomic E-state index is -3.51. The van der Waals surface area contributed by atoms with Crippen molar-refractivity contribution in [2.75, 3.05) is 64.7 Å². The van der Waals surface area contributed by atoms with Crippen molar-refractivity contribution in [1.29, 1.82) is 0 Å². The molecule has 3 rings (SSSR count). The van der Waals surface area contributed by atoms with Gasteiger partial charge in [0.1, 0.15) is 0 Å². The predicted molar refractivity (Wildman–Crippen MR) is 127 cm³/mol. The normalized spacial score (nSPS) is 14.6. The Labute approximate surface area is 199 Å². The molecule has 1 aliphatic rings.